The summed E-state index contributed by atoms with van der Waals surface area (Å²) in [6.45, 7) is 1.99. The van der Waals surface area contributed by atoms with Crippen LogP contribution in [0.3, 0.4) is 0 Å². The summed E-state index contributed by atoms with van der Waals surface area (Å²) in [6, 6.07) is 9.30. The van der Waals surface area contributed by atoms with Crippen molar-refractivity contribution >= 4 is 63.5 Å². The summed E-state index contributed by atoms with van der Waals surface area (Å²) in [5.41, 5.74) is 1.57. The number of aromatic nitrogens is 3. The van der Waals surface area contributed by atoms with Gasteiger partial charge >= 0.3 is 12.0 Å². The lowest BCUT2D eigenvalue weighted by Gasteiger charge is -2.09. The lowest BCUT2D eigenvalue weighted by Crippen LogP contribution is -2.28. The molecule has 0 aliphatic heterocycles. The van der Waals surface area contributed by atoms with Crippen LogP contribution in [-0.4, -0.2) is 33.1 Å². The number of nitrogens with zero attached hydrogens (tertiary/aromatic N) is 2. The standard InChI is InChI=1S/C23H18Cl3N5O4/c1-2-35-22(33)20-21(32)30-17-8-16(26)19(9-18(17)29-20)31-4-3-12(11-31)10-27-23(34)28-15-6-13(24)5-14(25)7-15/h3-9,11H,2,10H2,1H3,(H,30,32)(H2,27,28,34). The first-order chi connectivity index (χ1) is 16.7. The minimum absolute atomic E-state index is 0.120. The van der Waals surface area contributed by atoms with Crippen LogP contribution in [0, 0.1) is 0 Å². The first kappa shape index (κ1) is 24.6. The topological polar surface area (TPSA) is 118 Å². The number of ether oxygens (including phenoxy) is 1. The maximum atomic E-state index is 12.2. The first-order valence-corrected chi connectivity index (χ1v) is 11.5. The van der Waals surface area contributed by atoms with Gasteiger partial charge in [0.2, 0.25) is 5.69 Å². The van der Waals surface area contributed by atoms with Crippen LogP contribution in [0.15, 0.2) is 53.6 Å². The summed E-state index contributed by atoms with van der Waals surface area (Å²) in [5, 5.41) is 6.58. The van der Waals surface area contributed by atoms with Crippen molar-refractivity contribution in [1.82, 2.24) is 19.9 Å². The summed E-state index contributed by atoms with van der Waals surface area (Å²) in [7, 11) is 0. The molecule has 0 bridgehead atoms. The van der Waals surface area contributed by atoms with Crippen LogP contribution in [0.1, 0.15) is 23.0 Å². The minimum Gasteiger partial charge on any atom is -0.461 e. The van der Waals surface area contributed by atoms with Gasteiger partial charge in [0.25, 0.3) is 5.56 Å². The van der Waals surface area contributed by atoms with Gasteiger partial charge in [0.15, 0.2) is 0 Å². The van der Waals surface area contributed by atoms with Crippen LogP contribution in [0.2, 0.25) is 15.1 Å². The van der Waals surface area contributed by atoms with Gasteiger partial charge in [0.1, 0.15) is 0 Å². The Morgan fingerprint density at radius 3 is 2.57 bits per heavy atom. The van der Waals surface area contributed by atoms with Crippen molar-refractivity contribution < 1.29 is 14.3 Å². The van der Waals surface area contributed by atoms with Crippen molar-refractivity contribution in [3.63, 3.8) is 0 Å². The van der Waals surface area contributed by atoms with E-state index in [4.69, 9.17) is 39.5 Å². The predicted octanol–water partition coefficient (Wildman–Crippen LogP) is 5.17. The van der Waals surface area contributed by atoms with Gasteiger partial charge in [0.05, 0.1) is 28.4 Å². The van der Waals surface area contributed by atoms with Gasteiger partial charge < -0.3 is 24.9 Å². The maximum Gasteiger partial charge on any atom is 0.362 e. The Bertz CT molecular complexity index is 1480. The molecule has 0 aliphatic rings. The lowest BCUT2D eigenvalue weighted by atomic mass is 10.2. The highest BCUT2D eigenvalue weighted by Gasteiger charge is 2.16. The van der Waals surface area contributed by atoms with Crippen LogP contribution in [0.4, 0.5) is 10.5 Å². The second kappa shape index (κ2) is 10.4. The van der Waals surface area contributed by atoms with Crippen molar-refractivity contribution in [2.24, 2.45) is 0 Å². The first-order valence-electron chi connectivity index (χ1n) is 10.3. The van der Waals surface area contributed by atoms with E-state index in [1.54, 1.807) is 60.3 Å². The van der Waals surface area contributed by atoms with Gasteiger partial charge in [0, 0.05) is 34.7 Å². The monoisotopic (exact) mass is 533 g/mol. The molecule has 0 saturated heterocycles. The number of carbonyl (C=O) groups is 2. The Morgan fingerprint density at radius 1 is 1.11 bits per heavy atom. The normalized spacial score (nSPS) is 10.9. The molecule has 0 atom stereocenters. The second-order valence-corrected chi connectivity index (χ2v) is 8.63. The molecule has 2 amide bonds. The fourth-order valence-electron chi connectivity index (χ4n) is 3.31. The SMILES string of the molecule is CCOC(=O)c1nc2cc(-n3ccc(CNC(=O)Nc4cc(Cl)cc(Cl)c4)c3)c(Cl)cc2[nH]c1=O. The second-order valence-electron chi connectivity index (χ2n) is 7.35. The number of carbonyl (C=O) groups excluding carboxylic acids is 2. The van der Waals surface area contributed by atoms with E-state index in [0.717, 1.165) is 5.56 Å². The van der Waals surface area contributed by atoms with E-state index in [1.807, 2.05) is 0 Å². The third-order valence-electron chi connectivity index (χ3n) is 4.84. The Balaban J connectivity index is 1.51. The molecule has 4 aromatic rings. The molecule has 0 aliphatic carbocycles. The zero-order chi connectivity index (χ0) is 25.1. The molecule has 0 spiro atoms. The van der Waals surface area contributed by atoms with Crippen molar-refractivity contribution in [2.45, 2.75) is 13.5 Å². The van der Waals surface area contributed by atoms with E-state index >= 15 is 0 Å². The largest absolute Gasteiger partial charge is 0.461 e. The number of anilines is 1. The van der Waals surface area contributed by atoms with Gasteiger partial charge in [-0.3, -0.25) is 4.79 Å². The zero-order valence-corrected chi connectivity index (χ0v) is 20.5. The summed E-state index contributed by atoms with van der Waals surface area (Å²) in [5.74, 6) is -0.806. The van der Waals surface area contributed by atoms with Crippen molar-refractivity contribution in [2.75, 3.05) is 11.9 Å². The van der Waals surface area contributed by atoms with E-state index in [0.29, 0.717) is 37.5 Å². The van der Waals surface area contributed by atoms with Crippen molar-refractivity contribution in [3.05, 3.63) is 85.5 Å². The minimum atomic E-state index is -0.806. The fourth-order valence-corrected chi connectivity index (χ4v) is 4.10. The smallest absolute Gasteiger partial charge is 0.362 e. The Hall–Kier alpha value is -3.53. The number of H-pyrrole nitrogens is 1. The number of rotatable bonds is 6. The van der Waals surface area contributed by atoms with Gasteiger partial charge in [-0.15, -0.1) is 0 Å². The molecule has 0 unspecified atom stereocenters. The molecule has 12 heteroatoms. The third-order valence-corrected chi connectivity index (χ3v) is 5.57. The van der Waals surface area contributed by atoms with Gasteiger partial charge in [-0.1, -0.05) is 34.8 Å². The van der Waals surface area contributed by atoms with Crippen LogP contribution >= 0.6 is 34.8 Å². The number of hydrogen-bond donors (Lipinski definition) is 3. The van der Waals surface area contributed by atoms with Gasteiger partial charge in [-0.2, -0.15) is 0 Å². The number of hydrogen-bond acceptors (Lipinski definition) is 5. The van der Waals surface area contributed by atoms with Crippen LogP contribution in [0.25, 0.3) is 16.7 Å². The van der Waals surface area contributed by atoms with Crippen LogP contribution in [0.5, 0.6) is 0 Å². The average molecular weight is 535 g/mol. The fraction of sp³-hybridized carbons (Fsp3) is 0.130. The summed E-state index contributed by atoms with van der Waals surface area (Å²) in [4.78, 5) is 43.2. The molecule has 4 rings (SSSR count). The molecule has 0 radical (unpaired) electrons. The van der Waals surface area contributed by atoms with Gasteiger partial charge in [-0.05, 0) is 48.9 Å². The number of benzene rings is 2. The zero-order valence-electron chi connectivity index (χ0n) is 18.2. The molecular formula is C23H18Cl3N5O4. The maximum absolute atomic E-state index is 12.2. The average Bonchev–Trinajstić information content (AvgIpc) is 3.25. The number of halogens is 3. The molecule has 2 aromatic carbocycles. The highest BCUT2D eigenvalue weighted by atomic mass is 35.5. The molecule has 0 saturated carbocycles. The lowest BCUT2D eigenvalue weighted by molar-refractivity contribution is 0.0517. The molecule has 180 valence electrons. The third kappa shape index (κ3) is 5.76. The Kier molecular flexibility index (Phi) is 7.30. The summed E-state index contributed by atoms with van der Waals surface area (Å²) in [6.07, 6.45) is 3.54. The Labute approximate surface area is 214 Å². The molecule has 0 fully saturated rings. The molecular weight excluding hydrogens is 517 g/mol. The highest BCUT2D eigenvalue weighted by molar-refractivity contribution is 6.35. The summed E-state index contributed by atoms with van der Waals surface area (Å²) < 4.78 is 6.63. The van der Waals surface area contributed by atoms with E-state index < -0.39 is 17.6 Å². The number of aromatic amines is 1. The predicted molar refractivity (Wildman–Crippen MR) is 135 cm³/mol. The number of nitrogens with one attached hydrogen (secondary N) is 3. The van der Waals surface area contributed by atoms with E-state index in [-0.39, 0.29) is 18.8 Å². The highest BCUT2D eigenvalue weighted by Crippen LogP contribution is 2.26. The number of esters is 1. The summed E-state index contributed by atoms with van der Waals surface area (Å²) >= 11 is 18.3. The van der Waals surface area contributed by atoms with Crippen molar-refractivity contribution in [3.8, 4) is 5.69 Å². The molecule has 35 heavy (non-hydrogen) atoms. The number of amides is 2. The van der Waals surface area contributed by atoms with Crippen LogP contribution in [-0.2, 0) is 11.3 Å². The molecule has 9 nitrogen and oxygen atoms in total. The van der Waals surface area contributed by atoms with E-state index in [1.165, 1.54) is 0 Å². The van der Waals surface area contributed by atoms with Crippen LogP contribution < -0.4 is 16.2 Å². The van der Waals surface area contributed by atoms with E-state index in [9.17, 15) is 14.4 Å². The molecule has 3 N–H and O–H groups in total. The molecule has 2 heterocycles. The van der Waals surface area contributed by atoms with Gasteiger partial charge in [-0.25, -0.2) is 14.6 Å². The number of urea groups is 1. The van der Waals surface area contributed by atoms with Crippen molar-refractivity contribution in [1.29, 1.82) is 0 Å². The Morgan fingerprint density at radius 2 is 1.86 bits per heavy atom. The quantitative estimate of drug-likeness (QED) is 0.295. The number of fused-ring (bicyclic) bond motifs is 1. The molecule has 2 aromatic heterocycles. The van der Waals surface area contributed by atoms with E-state index in [2.05, 4.69) is 20.6 Å².